The largest absolute Gasteiger partial charge is 0.0845 e. The van der Waals surface area contributed by atoms with Crippen LogP contribution in [0, 0.1) is 11.8 Å². The van der Waals surface area contributed by atoms with Gasteiger partial charge in [-0.2, -0.15) is 0 Å². The van der Waals surface area contributed by atoms with Crippen LogP contribution < -0.4 is 0 Å². The molecular formula is C17H30. The zero-order valence-electron chi connectivity index (χ0n) is 12.8. The summed E-state index contributed by atoms with van der Waals surface area (Å²) in [6.07, 6.45) is 9.20. The zero-order chi connectivity index (χ0) is 13.4. The molecule has 0 heteroatoms. The molecule has 0 spiro atoms. The smallest absolute Gasteiger partial charge is 0.0216 e. The molecule has 0 unspecified atom stereocenters. The van der Waals surface area contributed by atoms with E-state index in [1.807, 2.05) is 0 Å². The van der Waals surface area contributed by atoms with Crippen molar-refractivity contribution in [3.63, 3.8) is 0 Å². The van der Waals surface area contributed by atoms with Crippen LogP contribution in [0.4, 0.5) is 0 Å². The molecule has 0 aliphatic rings. The lowest BCUT2D eigenvalue weighted by molar-refractivity contribution is 0.742. The minimum atomic E-state index is 0.597. The van der Waals surface area contributed by atoms with Gasteiger partial charge in [0.1, 0.15) is 0 Å². The van der Waals surface area contributed by atoms with Crippen molar-refractivity contribution in [1.82, 2.24) is 0 Å². The van der Waals surface area contributed by atoms with Crippen LogP contribution in [0.1, 0.15) is 61.3 Å². The van der Waals surface area contributed by atoms with Crippen molar-refractivity contribution < 1.29 is 0 Å². The van der Waals surface area contributed by atoms with Crippen molar-refractivity contribution >= 4 is 0 Å². The molecule has 0 aromatic rings. The minimum absolute atomic E-state index is 0.597. The summed E-state index contributed by atoms with van der Waals surface area (Å²) in [6.45, 7) is 15.8. The highest BCUT2D eigenvalue weighted by Gasteiger charge is 2.07. The molecule has 0 saturated heterocycles. The second-order valence-corrected chi connectivity index (χ2v) is 5.34. The molecule has 0 N–H and O–H groups in total. The van der Waals surface area contributed by atoms with Crippen LogP contribution in [0.15, 0.2) is 34.9 Å². The van der Waals surface area contributed by atoms with Gasteiger partial charge in [-0.3, -0.25) is 0 Å². The van der Waals surface area contributed by atoms with E-state index >= 15 is 0 Å². The van der Waals surface area contributed by atoms with E-state index in [0.717, 1.165) is 12.8 Å². The van der Waals surface area contributed by atoms with Crippen molar-refractivity contribution in [2.24, 2.45) is 11.8 Å². The fraction of sp³-hybridized carbons (Fsp3) is 0.647. The quantitative estimate of drug-likeness (QED) is 0.501. The Morgan fingerprint density at radius 1 is 1.00 bits per heavy atom. The average Bonchev–Trinajstić information content (AvgIpc) is 2.27. The predicted molar refractivity (Wildman–Crippen MR) is 80.2 cm³/mol. The Kier molecular flexibility index (Phi) is 7.95. The average molecular weight is 234 g/mol. The molecule has 0 bridgehead atoms. The molecule has 0 aliphatic heterocycles. The summed E-state index contributed by atoms with van der Waals surface area (Å²) in [6, 6.07) is 0. The Morgan fingerprint density at radius 3 is 1.94 bits per heavy atom. The normalized spacial score (nSPS) is 15.0. The van der Waals surface area contributed by atoms with Gasteiger partial charge in [-0.05, 0) is 42.7 Å². The van der Waals surface area contributed by atoms with E-state index in [1.165, 1.54) is 16.7 Å². The third-order valence-electron chi connectivity index (χ3n) is 3.22. The van der Waals surface area contributed by atoms with Crippen LogP contribution in [-0.2, 0) is 0 Å². The van der Waals surface area contributed by atoms with Crippen molar-refractivity contribution in [3.8, 4) is 0 Å². The van der Waals surface area contributed by atoms with Crippen LogP contribution in [0.5, 0.6) is 0 Å². The van der Waals surface area contributed by atoms with Crippen LogP contribution in [0.2, 0.25) is 0 Å². The van der Waals surface area contributed by atoms with Gasteiger partial charge in [0, 0.05) is 0 Å². The molecule has 0 aliphatic carbocycles. The minimum Gasteiger partial charge on any atom is -0.0845 e. The Morgan fingerprint density at radius 2 is 1.59 bits per heavy atom. The van der Waals surface area contributed by atoms with Gasteiger partial charge in [0.2, 0.25) is 0 Å². The highest BCUT2D eigenvalue weighted by Crippen LogP contribution is 2.23. The maximum atomic E-state index is 2.40. The molecule has 0 aromatic heterocycles. The van der Waals surface area contributed by atoms with Crippen molar-refractivity contribution in [2.75, 3.05) is 0 Å². The van der Waals surface area contributed by atoms with Gasteiger partial charge >= 0.3 is 0 Å². The van der Waals surface area contributed by atoms with Crippen LogP contribution in [0.25, 0.3) is 0 Å². The molecule has 0 heterocycles. The summed E-state index contributed by atoms with van der Waals surface area (Å²) in [5.74, 6) is 1.23. The predicted octanol–water partition coefficient (Wildman–Crippen LogP) is 5.92. The van der Waals surface area contributed by atoms with E-state index in [-0.39, 0.29) is 0 Å². The third kappa shape index (κ3) is 5.91. The van der Waals surface area contributed by atoms with E-state index in [9.17, 15) is 0 Å². The van der Waals surface area contributed by atoms with Crippen LogP contribution in [-0.4, -0.2) is 0 Å². The monoisotopic (exact) mass is 234 g/mol. The summed E-state index contributed by atoms with van der Waals surface area (Å²) >= 11 is 0. The summed E-state index contributed by atoms with van der Waals surface area (Å²) < 4.78 is 0. The van der Waals surface area contributed by atoms with Gasteiger partial charge in [-0.25, -0.2) is 0 Å². The Hall–Kier alpha value is -0.780. The zero-order valence-corrected chi connectivity index (χ0v) is 12.8. The van der Waals surface area contributed by atoms with Crippen molar-refractivity contribution in [2.45, 2.75) is 61.3 Å². The Labute approximate surface area is 109 Å². The third-order valence-corrected chi connectivity index (χ3v) is 3.22. The van der Waals surface area contributed by atoms with E-state index in [4.69, 9.17) is 0 Å². The summed E-state index contributed by atoms with van der Waals surface area (Å²) in [4.78, 5) is 0. The van der Waals surface area contributed by atoms with E-state index in [1.54, 1.807) is 0 Å². The van der Waals surface area contributed by atoms with Gasteiger partial charge in [-0.1, -0.05) is 65.3 Å². The number of hydrogen-bond acceptors (Lipinski definition) is 0. The van der Waals surface area contributed by atoms with Crippen molar-refractivity contribution in [1.29, 1.82) is 0 Å². The molecule has 0 fully saturated rings. The first-order chi connectivity index (χ1) is 7.93. The fourth-order valence-corrected chi connectivity index (χ4v) is 1.72. The molecule has 0 nitrogen and oxygen atoms in total. The van der Waals surface area contributed by atoms with Gasteiger partial charge in [0.25, 0.3) is 0 Å². The highest BCUT2D eigenvalue weighted by atomic mass is 14.1. The molecular weight excluding hydrogens is 204 g/mol. The maximum absolute atomic E-state index is 2.40. The summed E-state index contributed by atoms with van der Waals surface area (Å²) in [5, 5.41) is 0. The second kappa shape index (κ2) is 8.33. The molecule has 0 radical (unpaired) electrons. The van der Waals surface area contributed by atoms with E-state index < -0.39 is 0 Å². The lowest BCUT2D eigenvalue weighted by atomic mass is 9.91. The molecule has 0 amide bonds. The first kappa shape index (κ1) is 16.2. The Bertz CT molecular complexity index is 298. The lowest BCUT2D eigenvalue weighted by Crippen LogP contribution is -1.99. The number of rotatable bonds is 6. The number of allylic oxidation sites excluding steroid dienone is 6. The molecule has 0 saturated carbocycles. The summed E-state index contributed by atoms with van der Waals surface area (Å²) in [7, 11) is 0. The second-order valence-electron chi connectivity index (χ2n) is 5.34. The maximum Gasteiger partial charge on any atom is -0.0216 e. The first-order valence-corrected chi connectivity index (χ1v) is 7.01. The van der Waals surface area contributed by atoms with Crippen LogP contribution in [0.3, 0.4) is 0 Å². The van der Waals surface area contributed by atoms with E-state index in [0.29, 0.717) is 11.8 Å². The van der Waals surface area contributed by atoms with Gasteiger partial charge in [0.05, 0.1) is 0 Å². The standard InChI is InChI=1S/C17H30/c1-8-10-11-16(9-2)17(14(5)6)12-15(7)13(3)4/h10-14H,8-9H2,1-7H3/b11-10+,15-12+,17-16+. The number of hydrogen-bond donors (Lipinski definition) is 0. The lowest BCUT2D eigenvalue weighted by Gasteiger charge is -2.15. The van der Waals surface area contributed by atoms with Gasteiger partial charge in [0.15, 0.2) is 0 Å². The topological polar surface area (TPSA) is 0 Å². The molecule has 0 aromatic carbocycles. The molecule has 98 valence electrons. The van der Waals surface area contributed by atoms with Crippen molar-refractivity contribution in [3.05, 3.63) is 34.9 Å². The summed E-state index contributed by atoms with van der Waals surface area (Å²) in [5.41, 5.74) is 4.47. The molecule has 0 rings (SSSR count). The first-order valence-electron chi connectivity index (χ1n) is 7.01. The fourth-order valence-electron chi connectivity index (χ4n) is 1.72. The van der Waals surface area contributed by atoms with Gasteiger partial charge < -0.3 is 0 Å². The van der Waals surface area contributed by atoms with E-state index in [2.05, 4.69) is 66.7 Å². The van der Waals surface area contributed by atoms with Gasteiger partial charge in [-0.15, -0.1) is 0 Å². The molecule has 0 atom stereocenters. The highest BCUT2D eigenvalue weighted by molar-refractivity contribution is 5.36. The Balaban J connectivity index is 5.38. The van der Waals surface area contributed by atoms with Crippen LogP contribution >= 0.6 is 0 Å². The SMILES string of the molecule is CC/C=C/C(CC)=C(\C=C(/C)C(C)C)C(C)C. The molecule has 17 heavy (non-hydrogen) atoms.